The average molecular weight is 274 g/mol. The third-order valence-corrected chi connectivity index (χ3v) is 3.29. The first kappa shape index (κ1) is 18.4. The van der Waals surface area contributed by atoms with E-state index < -0.39 is 5.54 Å². The highest BCUT2D eigenvalue weighted by atomic mass is 16.5. The fourth-order valence-electron chi connectivity index (χ4n) is 1.95. The molecule has 5 heteroatoms. The molecule has 19 heavy (non-hydrogen) atoms. The van der Waals surface area contributed by atoms with Crippen LogP contribution in [0.1, 0.15) is 33.1 Å². The SMILES string of the molecule is CCCNC(C)(CCCN(C)CCOC)C(=O)OC. The number of hydrogen-bond acceptors (Lipinski definition) is 5. The smallest absolute Gasteiger partial charge is 0.325 e. The number of hydrogen-bond donors (Lipinski definition) is 1. The number of methoxy groups -OCH3 is 2. The monoisotopic (exact) mass is 274 g/mol. The van der Waals surface area contributed by atoms with Gasteiger partial charge in [-0.05, 0) is 46.3 Å². The van der Waals surface area contributed by atoms with Crippen molar-refractivity contribution in [2.45, 2.75) is 38.6 Å². The third-order valence-electron chi connectivity index (χ3n) is 3.29. The topological polar surface area (TPSA) is 50.8 Å². The normalized spacial score (nSPS) is 14.4. The van der Waals surface area contributed by atoms with E-state index in [-0.39, 0.29) is 5.97 Å². The van der Waals surface area contributed by atoms with Gasteiger partial charge in [0.05, 0.1) is 13.7 Å². The van der Waals surface area contributed by atoms with Crippen molar-refractivity contribution < 1.29 is 14.3 Å². The zero-order chi connectivity index (χ0) is 14.7. The first-order chi connectivity index (χ1) is 9.00. The molecule has 0 saturated heterocycles. The predicted octanol–water partition coefficient (Wildman–Crippen LogP) is 1.28. The predicted molar refractivity (Wildman–Crippen MR) is 77.3 cm³/mol. The molecule has 1 N–H and O–H groups in total. The molecule has 0 rings (SSSR count). The summed E-state index contributed by atoms with van der Waals surface area (Å²) in [4.78, 5) is 14.1. The van der Waals surface area contributed by atoms with Gasteiger partial charge in [-0.3, -0.25) is 4.79 Å². The van der Waals surface area contributed by atoms with E-state index in [1.165, 1.54) is 7.11 Å². The van der Waals surface area contributed by atoms with E-state index in [2.05, 4.69) is 24.2 Å². The Morgan fingerprint density at radius 2 is 2.00 bits per heavy atom. The van der Waals surface area contributed by atoms with Crippen LogP contribution in [0.15, 0.2) is 0 Å². The van der Waals surface area contributed by atoms with Crippen molar-refractivity contribution in [3.8, 4) is 0 Å². The molecule has 0 aromatic carbocycles. The second-order valence-corrected chi connectivity index (χ2v) is 5.15. The molecule has 0 bridgehead atoms. The van der Waals surface area contributed by atoms with Gasteiger partial charge in [-0.1, -0.05) is 6.92 Å². The Morgan fingerprint density at radius 3 is 2.53 bits per heavy atom. The zero-order valence-electron chi connectivity index (χ0n) is 13.1. The summed E-state index contributed by atoms with van der Waals surface area (Å²) in [6.45, 7) is 7.43. The maximum Gasteiger partial charge on any atom is 0.325 e. The molecule has 0 saturated carbocycles. The molecule has 114 valence electrons. The van der Waals surface area contributed by atoms with E-state index in [9.17, 15) is 4.79 Å². The van der Waals surface area contributed by atoms with Gasteiger partial charge in [0.2, 0.25) is 0 Å². The Kier molecular flexibility index (Phi) is 9.83. The summed E-state index contributed by atoms with van der Waals surface area (Å²) in [5, 5.41) is 3.30. The minimum absolute atomic E-state index is 0.180. The van der Waals surface area contributed by atoms with Crippen LogP contribution in [0.25, 0.3) is 0 Å². The van der Waals surface area contributed by atoms with Gasteiger partial charge < -0.3 is 19.7 Å². The van der Waals surface area contributed by atoms with Crippen molar-refractivity contribution in [3.63, 3.8) is 0 Å². The highest BCUT2D eigenvalue weighted by Gasteiger charge is 2.32. The summed E-state index contributed by atoms with van der Waals surface area (Å²) < 4.78 is 9.94. The highest BCUT2D eigenvalue weighted by Crippen LogP contribution is 2.15. The summed E-state index contributed by atoms with van der Waals surface area (Å²) >= 11 is 0. The molecule has 0 aliphatic rings. The first-order valence-electron chi connectivity index (χ1n) is 7.01. The van der Waals surface area contributed by atoms with Gasteiger partial charge in [0.25, 0.3) is 0 Å². The molecule has 1 atom stereocenters. The molecule has 0 aliphatic heterocycles. The Labute approximate surface area is 117 Å². The molecule has 5 nitrogen and oxygen atoms in total. The van der Waals surface area contributed by atoms with Crippen LogP contribution in [0.5, 0.6) is 0 Å². The highest BCUT2D eigenvalue weighted by molar-refractivity contribution is 5.80. The molecule has 0 aliphatic carbocycles. The minimum Gasteiger partial charge on any atom is -0.468 e. The fourth-order valence-corrected chi connectivity index (χ4v) is 1.95. The number of esters is 1. The van der Waals surface area contributed by atoms with Crippen LogP contribution in [0.4, 0.5) is 0 Å². The van der Waals surface area contributed by atoms with Crippen LogP contribution in [0.3, 0.4) is 0 Å². The summed E-state index contributed by atoms with van der Waals surface area (Å²) in [6.07, 6.45) is 2.72. The molecule has 0 spiro atoms. The van der Waals surface area contributed by atoms with E-state index in [1.807, 2.05) is 6.92 Å². The van der Waals surface area contributed by atoms with Gasteiger partial charge in [-0.2, -0.15) is 0 Å². The molecule has 1 unspecified atom stereocenters. The Hall–Kier alpha value is -0.650. The Morgan fingerprint density at radius 1 is 1.32 bits per heavy atom. The Balaban J connectivity index is 4.15. The zero-order valence-corrected chi connectivity index (χ0v) is 13.1. The van der Waals surface area contributed by atoms with Crippen molar-refractivity contribution in [1.29, 1.82) is 0 Å². The number of rotatable bonds is 11. The van der Waals surface area contributed by atoms with E-state index in [1.54, 1.807) is 7.11 Å². The van der Waals surface area contributed by atoms with Crippen LogP contribution >= 0.6 is 0 Å². The number of likely N-dealkylation sites (N-methyl/N-ethyl adjacent to an activating group) is 1. The molecular formula is C14H30N2O3. The quantitative estimate of drug-likeness (QED) is 0.575. The lowest BCUT2D eigenvalue weighted by atomic mass is 9.95. The largest absolute Gasteiger partial charge is 0.468 e. The van der Waals surface area contributed by atoms with E-state index in [0.717, 1.165) is 45.5 Å². The summed E-state index contributed by atoms with van der Waals surface area (Å²) in [5.41, 5.74) is -0.577. The van der Waals surface area contributed by atoms with Crippen molar-refractivity contribution in [2.24, 2.45) is 0 Å². The second kappa shape index (κ2) is 10.2. The number of carbonyl (C=O) groups is 1. The minimum atomic E-state index is -0.577. The first-order valence-corrected chi connectivity index (χ1v) is 7.01. The molecule has 0 amide bonds. The molecule has 0 aromatic rings. The second-order valence-electron chi connectivity index (χ2n) is 5.15. The maximum absolute atomic E-state index is 11.9. The van der Waals surface area contributed by atoms with Gasteiger partial charge in [0.15, 0.2) is 0 Å². The van der Waals surface area contributed by atoms with Crippen molar-refractivity contribution in [3.05, 3.63) is 0 Å². The van der Waals surface area contributed by atoms with Crippen LogP contribution < -0.4 is 5.32 Å². The van der Waals surface area contributed by atoms with E-state index >= 15 is 0 Å². The summed E-state index contributed by atoms with van der Waals surface area (Å²) in [7, 11) is 5.21. The lowest BCUT2D eigenvalue weighted by Gasteiger charge is -2.28. The number of ether oxygens (including phenoxy) is 2. The lowest BCUT2D eigenvalue weighted by molar-refractivity contribution is -0.148. The maximum atomic E-state index is 11.9. The van der Waals surface area contributed by atoms with Crippen molar-refractivity contribution in [2.75, 3.05) is 47.5 Å². The molecule has 0 fully saturated rings. The summed E-state index contributed by atoms with van der Waals surface area (Å²) in [6, 6.07) is 0. The molecule has 0 radical (unpaired) electrons. The average Bonchev–Trinajstić information content (AvgIpc) is 2.41. The van der Waals surface area contributed by atoms with E-state index in [4.69, 9.17) is 9.47 Å². The fraction of sp³-hybridized carbons (Fsp3) is 0.929. The third kappa shape index (κ3) is 7.50. The van der Waals surface area contributed by atoms with Gasteiger partial charge in [0, 0.05) is 13.7 Å². The number of carbonyl (C=O) groups excluding carboxylic acids is 1. The molecular weight excluding hydrogens is 244 g/mol. The molecule has 0 heterocycles. The Bertz CT molecular complexity index is 249. The van der Waals surface area contributed by atoms with Crippen molar-refractivity contribution in [1.82, 2.24) is 10.2 Å². The molecule has 0 aromatic heterocycles. The number of nitrogens with zero attached hydrogens (tertiary/aromatic N) is 1. The van der Waals surface area contributed by atoms with E-state index in [0.29, 0.717) is 0 Å². The van der Waals surface area contributed by atoms with Crippen LogP contribution in [0.2, 0.25) is 0 Å². The van der Waals surface area contributed by atoms with Gasteiger partial charge >= 0.3 is 5.97 Å². The van der Waals surface area contributed by atoms with Crippen LogP contribution in [0, 0.1) is 0 Å². The van der Waals surface area contributed by atoms with Crippen LogP contribution in [-0.2, 0) is 14.3 Å². The standard InChI is InChI=1S/C14H30N2O3/c1-6-9-15-14(2,13(17)19-5)8-7-10-16(3)11-12-18-4/h15H,6-12H2,1-5H3. The number of nitrogens with one attached hydrogen (secondary N) is 1. The van der Waals surface area contributed by atoms with Gasteiger partial charge in [-0.15, -0.1) is 0 Å². The van der Waals surface area contributed by atoms with Gasteiger partial charge in [0.1, 0.15) is 5.54 Å². The lowest BCUT2D eigenvalue weighted by Crippen LogP contribution is -2.50. The summed E-state index contributed by atoms with van der Waals surface area (Å²) in [5.74, 6) is -0.180. The van der Waals surface area contributed by atoms with Crippen molar-refractivity contribution >= 4 is 5.97 Å². The van der Waals surface area contributed by atoms with Crippen LogP contribution in [-0.4, -0.2) is 63.9 Å². The van der Waals surface area contributed by atoms with Gasteiger partial charge in [-0.25, -0.2) is 0 Å².